The molecule has 17 heteroatoms. The molecule has 6 atom stereocenters. The Labute approximate surface area is 224 Å². The second-order valence-electron chi connectivity index (χ2n) is 11.2. The molecule has 218 valence electrons. The molecule has 4 rings (SSSR count). The molecular formula is C22H34N5O11P. The van der Waals surface area contributed by atoms with E-state index >= 15 is 0 Å². The van der Waals surface area contributed by atoms with Crippen molar-refractivity contribution in [2.45, 2.75) is 83.3 Å². The quantitative estimate of drug-likeness (QED) is 0.433. The minimum absolute atomic E-state index is 0.0120. The van der Waals surface area contributed by atoms with Gasteiger partial charge in [0.1, 0.15) is 41.2 Å². The summed E-state index contributed by atoms with van der Waals surface area (Å²) in [6.07, 6.45) is -6.33. The molecule has 39 heavy (non-hydrogen) atoms. The van der Waals surface area contributed by atoms with Gasteiger partial charge in [0.05, 0.1) is 6.61 Å². The molecule has 0 spiro atoms. The fraction of sp³-hybridized carbons (Fsp3) is 0.727. The molecule has 4 heterocycles. The number of fused-ring (bicyclic) bond motifs is 3. The number of aromatic amines is 1. The number of rotatable bonds is 2. The number of carbonyl (C=O) groups excluding carboxylic acids is 2. The molecule has 16 nitrogen and oxygen atoms in total. The highest BCUT2D eigenvalue weighted by Gasteiger charge is 2.55. The first kappa shape index (κ1) is 29.2. The van der Waals surface area contributed by atoms with E-state index in [1.54, 1.807) is 48.6 Å². The van der Waals surface area contributed by atoms with Crippen molar-refractivity contribution in [2.24, 2.45) is 0 Å². The van der Waals surface area contributed by atoms with Crippen LogP contribution in [0.4, 0.5) is 27.0 Å². The SMILES string of the molecule is COP1(=O)OCC2OC3C(Nc4c(nc(N(C(=O)OC(C)(C)C)C(=O)OC(C)(C)C)[nH]c4=O)N3C)C(O)C2O1. The van der Waals surface area contributed by atoms with Crippen LogP contribution in [0.25, 0.3) is 0 Å². The number of aromatic nitrogens is 2. The lowest BCUT2D eigenvalue weighted by atomic mass is 9.94. The molecule has 3 aliphatic heterocycles. The number of anilines is 3. The van der Waals surface area contributed by atoms with Crippen LogP contribution in [0.15, 0.2) is 4.79 Å². The van der Waals surface area contributed by atoms with E-state index < -0.39 is 73.3 Å². The van der Waals surface area contributed by atoms with E-state index in [1.165, 1.54) is 4.90 Å². The van der Waals surface area contributed by atoms with Crippen LogP contribution >= 0.6 is 7.82 Å². The Bertz CT molecular complexity index is 1210. The summed E-state index contributed by atoms with van der Waals surface area (Å²) in [6, 6.07) is -0.922. The van der Waals surface area contributed by atoms with Gasteiger partial charge in [0.25, 0.3) is 5.56 Å². The van der Waals surface area contributed by atoms with Gasteiger partial charge in [0.15, 0.2) is 12.0 Å². The van der Waals surface area contributed by atoms with E-state index in [2.05, 4.69) is 15.3 Å². The highest BCUT2D eigenvalue weighted by molar-refractivity contribution is 7.48. The monoisotopic (exact) mass is 575 g/mol. The van der Waals surface area contributed by atoms with Crippen LogP contribution in [-0.2, 0) is 32.3 Å². The summed E-state index contributed by atoms with van der Waals surface area (Å²) < 4.78 is 44.6. The molecule has 2 saturated heterocycles. The highest BCUT2D eigenvalue weighted by atomic mass is 31.2. The van der Waals surface area contributed by atoms with Crippen LogP contribution in [-0.4, -0.2) is 89.8 Å². The molecule has 1 aromatic rings. The Morgan fingerprint density at radius 1 is 1.15 bits per heavy atom. The summed E-state index contributed by atoms with van der Waals surface area (Å²) in [7, 11) is -1.17. The predicted molar refractivity (Wildman–Crippen MR) is 136 cm³/mol. The fourth-order valence-corrected chi connectivity index (χ4v) is 5.36. The number of ether oxygens (including phenoxy) is 3. The number of hydrogen-bond acceptors (Lipinski definition) is 14. The van der Waals surface area contributed by atoms with Crippen molar-refractivity contribution in [1.82, 2.24) is 9.97 Å². The molecule has 0 aromatic carbocycles. The zero-order chi connectivity index (χ0) is 29.1. The normalized spacial score (nSPS) is 30.3. The van der Waals surface area contributed by atoms with Crippen molar-refractivity contribution in [1.29, 1.82) is 0 Å². The topological polar surface area (TPSA) is 191 Å². The molecule has 1 aromatic heterocycles. The number of amides is 2. The zero-order valence-electron chi connectivity index (χ0n) is 22.9. The molecule has 6 unspecified atom stereocenters. The summed E-state index contributed by atoms with van der Waals surface area (Å²) in [5, 5.41) is 14.0. The lowest BCUT2D eigenvalue weighted by Gasteiger charge is -2.51. The van der Waals surface area contributed by atoms with Crippen molar-refractivity contribution in [3.05, 3.63) is 10.4 Å². The largest absolute Gasteiger partial charge is 0.475 e. The van der Waals surface area contributed by atoms with Gasteiger partial charge in [-0.3, -0.25) is 23.3 Å². The van der Waals surface area contributed by atoms with Gasteiger partial charge in [-0.25, -0.2) is 14.2 Å². The molecule has 3 aliphatic rings. The number of nitrogens with one attached hydrogen (secondary N) is 2. The highest BCUT2D eigenvalue weighted by Crippen LogP contribution is 2.55. The summed E-state index contributed by atoms with van der Waals surface area (Å²) in [6.45, 7) is 9.50. The molecular weight excluding hydrogens is 541 g/mol. The van der Waals surface area contributed by atoms with Gasteiger partial charge in [-0.05, 0) is 41.5 Å². The minimum Gasteiger partial charge on any atom is -0.443 e. The number of H-pyrrole nitrogens is 1. The van der Waals surface area contributed by atoms with Crippen molar-refractivity contribution in [3.63, 3.8) is 0 Å². The molecule has 2 fully saturated rings. The molecule has 0 radical (unpaired) electrons. The van der Waals surface area contributed by atoms with Crippen LogP contribution < -0.4 is 20.7 Å². The third-order valence-electron chi connectivity index (χ3n) is 5.84. The van der Waals surface area contributed by atoms with Crippen LogP contribution in [0.2, 0.25) is 0 Å². The van der Waals surface area contributed by atoms with Gasteiger partial charge in [-0.15, -0.1) is 4.90 Å². The number of aliphatic hydroxyl groups is 1. The second kappa shape index (κ2) is 10.0. The van der Waals surface area contributed by atoms with E-state index in [-0.39, 0.29) is 18.1 Å². The van der Waals surface area contributed by atoms with Crippen molar-refractivity contribution in [3.8, 4) is 0 Å². The van der Waals surface area contributed by atoms with Gasteiger partial charge in [-0.1, -0.05) is 0 Å². The maximum atomic E-state index is 13.2. The number of nitrogens with zero attached hydrogens (tertiary/aromatic N) is 3. The first-order valence-electron chi connectivity index (χ1n) is 12.1. The Morgan fingerprint density at radius 2 is 1.74 bits per heavy atom. The maximum absolute atomic E-state index is 13.2. The maximum Gasteiger partial charge on any atom is 0.475 e. The lowest BCUT2D eigenvalue weighted by Crippen LogP contribution is -2.68. The number of aliphatic hydroxyl groups excluding tert-OH is 1. The van der Waals surface area contributed by atoms with Crippen LogP contribution in [0.1, 0.15) is 41.5 Å². The van der Waals surface area contributed by atoms with Crippen LogP contribution in [0, 0.1) is 0 Å². The number of phosphoric acid groups is 1. The minimum atomic E-state index is -3.88. The summed E-state index contributed by atoms with van der Waals surface area (Å²) >= 11 is 0. The molecule has 3 N–H and O–H groups in total. The van der Waals surface area contributed by atoms with Crippen LogP contribution in [0.5, 0.6) is 0 Å². The Kier molecular flexibility index (Phi) is 7.51. The number of phosphoric ester groups is 1. The molecule has 0 bridgehead atoms. The van der Waals surface area contributed by atoms with Crippen molar-refractivity contribution < 1.29 is 47.0 Å². The van der Waals surface area contributed by atoms with Crippen molar-refractivity contribution >= 4 is 37.5 Å². The Morgan fingerprint density at radius 3 is 2.28 bits per heavy atom. The molecule has 0 saturated carbocycles. The van der Waals surface area contributed by atoms with E-state index in [9.17, 15) is 24.1 Å². The van der Waals surface area contributed by atoms with Gasteiger partial charge in [0.2, 0.25) is 5.95 Å². The molecule has 2 amide bonds. The first-order chi connectivity index (χ1) is 17.9. The second-order valence-corrected chi connectivity index (χ2v) is 12.9. The first-order valence-corrected chi connectivity index (χ1v) is 13.6. The third-order valence-corrected chi connectivity index (χ3v) is 7.26. The van der Waals surface area contributed by atoms with E-state index in [1.807, 2.05) is 0 Å². The van der Waals surface area contributed by atoms with E-state index in [0.717, 1.165) is 7.11 Å². The Balaban J connectivity index is 1.71. The van der Waals surface area contributed by atoms with Crippen LogP contribution in [0.3, 0.4) is 0 Å². The standard InChI is InChI=1S/C22H34N5O11P/c1-21(2,3)36-19(30)27(20(31)37-22(4,5)6)18-24-15-12(16(29)25-18)23-11-13(28)14-10(35-17(11)26(15)7)9-34-39(32,33-8)38-14/h10-11,13-14,17,23,28H,9H2,1-8H3,(H,24,25,29). The average Bonchev–Trinajstić information content (AvgIpc) is 2.79. The van der Waals surface area contributed by atoms with E-state index in [0.29, 0.717) is 4.90 Å². The summed E-state index contributed by atoms with van der Waals surface area (Å²) in [4.78, 5) is 48.0. The summed E-state index contributed by atoms with van der Waals surface area (Å²) in [5.74, 6) is -0.438. The summed E-state index contributed by atoms with van der Waals surface area (Å²) in [5.41, 5.74) is -2.78. The molecule has 0 aliphatic carbocycles. The average molecular weight is 576 g/mol. The fourth-order valence-electron chi connectivity index (χ4n) is 4.22. The third kappa shape index (κ3) is 5.90. The number of hydrogen-bond donors (Lipinski definition) is 3. The van der Waals surface area contributed by atoms with Gasteiger partial charge >= 0.3 is 20.0 Å². The van der Waals surface area contributed by atoms with Crippen molar-refractivity contribution in [2.75, 3.05) is 35.9 Å². The van der Waals surface area contributed by atoms with Gasteiger partial charge < -0.3 is 29.5 Å². The number of carbonyl (C=O) groups is 2. The lowest BCUT2D eigenvalue weighted by molar-refractivity contribution is -0.198. The van der Waals surface area contributed by atoms with E-state index in [4.69, 9.17) is 27.8 Å². The van der Waals surface area contributed by atoms with Gasteiger partial charge in [0, 0.05) is 14.2 Å². The number of likely N-dealkylation sites (N-methyl/N-ethyl adjacent to an activating group) is 1. The number of imide groups is 1. The Hall–Kier alpha value is -2.75. The van der Waals surface area contributed by atoms with Gasteiger partial charge in [-0.2, -0.15) is 4.98 Å². The predicted octanol–water partition coefficient (Wildman–Crippen LogP) is 1.93. The zero-order valence-corrected chi connectivity index (χ0v) is 23.8. The smallest absolute Gasteiger partial charge is 0.443 e.